The zero-order valence-corrected chi connectivity index (χ0v) is 14.1. The maximum Gasteiger partial charge on any atom is 0.245 e. The second kappa shape index (κ2) is 6.87. The molecule has 2 rings (SSSR count). The molecule has 1 aromatic carbocycles. The van der Waals surface area contributed by atoms with Crippen molar-refractivity contribution in [2.75, 3.05) is 7.05 Å². The Kier molecular flexibility index (Phi) is 5.13. The third-order valence-corrected chi connectivity index (χ3v) is 4.40. The van der Waals surface area contributed by atoms with Gasteiger partial charge in [-0.25, -0.2) is 4.98 Å². The van der Waals surface area contributed by atoms with Gasteiger partial charge in [-0.3, -0.25) is 9.59 Å². The first-order chi connectivity index (χ1) is 10.4. The van der Waals surface area contributed by atoms with Crippen LogP contribution in [0.15, 0.2) is 24.3 Å². The zero-order valence-electron chi connectivity index (χ0n) is 13.3. The summed E-state index contributed by atoms with van der Waals surface area (Å²) in [6.45, 7) is 5.71. The number of amides is 2. The molecule has 6 heteroatoms. The van der Waals surface area contributed by atoms with Crippen LogP contribution in [0.1, 0.15) is 25.8 Å². The van der Waals surface area contributed by atoms with E-state index in [4.69, 9.17) is 0 Å². The standard InChI is InChI=1S/C16H21N3O2S/c1-10(2)15(17-11(3)20)16(21)19(4)9-14-18-12-7-5-6-8-13(12)22-14/h5-8,10,15H,9H2,1-4H3,(H,17,20). The first-order valence-electron chi connectivity index (χ1n) is 7.25. The first kappa shape index (κ1) is 16.4. The van der Waals surface area contributed by atoms with E-state index in [0.29, 0.717) is 6.54 Å². The Morgan fingerprint density at radius 2 is 2.00 bits per heavy atom. The second-order valence-electron chi connectivity index (χ2n) is 5.69. The lowest BCUT2D eigenvalue weighted by atomic mass is 10.0. The molecule has 0 saturated carbocycles. The highest BCUT2D eigenvalue weighted by atomic mass is 32.1. The van der Waals surface area contributed by atoms with E-state index in [9.17, 15) is 9.59 Å². The third-order valence-electron chi connectivity index (χ3n) is 3.38. The number of likely N-dealkylation sites (N-methyl/N-ethyl adjacent to an activating group) is 1. The zero-order chi connectivity index (χ0) is 16.3. The molecule has 118 valence electrons. The number of aromatic nitrogens is 1. The highest BCUT2D eigenvalue weighted by molar-refractivity contribution is 7.18. The van der Waals surface area contributed by atoms with Gasteiger partial charge in [-0.05, 0) is 18.1 Å². The van der Waals surface area contributed by atoms with Crippen molar-refractivity contribution in [1.82, 2.24) is 15.2 Å². The van der Waals surface area contributed by atoms with Crippen LogP contribution in [0.4, 0.5) is 0 Å². The number of carbonyl (C=O) groups is 2. The fourth-order valence-corrected chi connectivity index (χ4v) is 3.26. The molecule has 1 N–H and O–H groups in total. The Hall–Kier alpha value is -1.95. The number of fused-ring (bicyclic) bond motifs is 1. The van der Waals surface area contributed by atoms with Crippen molar-refractivity contribution in [3.05, 3.63) is 29.3 Å². The van der Waals surface area contributed by atoms with Gasteiger partial charge in [0.05, 0.1) is 16.8 Å². The maximum atomic E-state index is 12.5. The predicted octanol–water partition coefficient (Wildman–Crippen LogP) is 2.42. The molecule has 0 bridgehead atoms. The predicted molar refractivity (Wildman–Crippen MR) is 88.5 cm³/mol. The van der Waals surface area contributed by atoms with E-state index in [1.807, 2.05) is 38.1 Å². The van der Waals surface area contributed by atoms with Gasteiger partial charge in [0.25, 0.3) is 0 Å². The number of hydrogen-bond acceptors (Lipinski definition) is 4. The van der Waals surface area contributed by atoms with Crippen LogP contribution < -0.4 is 5.32 Å². The van der Waals surface area contributed by atoms with E-state index in [1.165, 1.54) is 6.92 Å². The molecule has 2 amide bonds. The van der Waals surface area contributed by atoms with Crippen LogP contribution in [0.2, 0.25) is 0 Å². The van der Waals surface area contributed by atoms with E-state index in [1.54, 1.807) is 23.3 Å². The van der Waals surface area contributed by atoms with Gasteiger partial charge in [-0.15, -0.1) is 11.3 Å². The van der Waals surface area contributed by atoms with Gasteiger partial charge in [0.1, 0.15) is 11.0 Å². The Bertz CT molecular complexity index is 648. The lowest BCUT2D eigenvalue weighted by molar-refractivity contribution is -0.136. The molecule has 22 heavy (non-hydrogen) atoms. The Balaban J connectivity index is 2.10. The average Bonchev–Trinajstić information content (AvgIpc) is 2.85. The number of para-hydroxylation sites is 1. The molecule has 0 saturated heterocycles. The SMILES string of the molecule is CC(=O)NC(C(=O)N(C)Cc1nc2ccccc2s1)C(C)C. The number of benzene rings is 1. The van der Waals surface area contributed by atoms with Crippen molar-refractivity contribution < 1.29 is 9.59 Å². The molecule has 0 aliphatic carbocycles. The third kappa shape index (κ3) is 3.82. The van der Waals surface area contributed by atoms with Crippen LogP contribution in [0.5, 0.6) is 0 Å². The van der Waals surface area contributed by atoms with Gasteiger partial charge in [0, 0.05) is 14.0 Å². The number of rotatable bonds is 5. The molecule has 0 spiro atoms. The van der Waals surface area contributed by atoms with Gasteiger partial charge in [0.15, 0.2) is 0 Å². The van der Waals surface area contributed by atoms with Crippen LogP contribution in [-0.2, 0) is 16.1 Å². The molecule has 1 atom stereocenters. The van der Waals surface area contributed by atoms with Gasteiger partial charge >= 0.3 is 0 Å². The molecule has 0 fully saturated rings. The number of nitrogens with zero attached hydrogens (tertiary/aromatic N) is 2. The lowest BCUT2D eigenvalue weighted by Crippen LogP contribution is -2.49. The topological polar surface area (TPSA) is 62.3 Å². The monoisotopic (exact) mass is 319 g/mol. The summed E-state index contributed by atoms with van der Waals surface area (Å²) in [4.78, 5) is 30.0. The van der Waals surface area contributed by atoms with Gasteiger partial charge in [-0.1, -0.05) is 26.0 Å². The van der Waals surface area contributed by atoms with Gasteiger partial charge in [-0.2, -0.15) is 0 Å². The van der Waals surface area contributed by atoms with Crippen LogP contribution in [-0.4, -0.2) is 34.8 Å². The quantitative estimate of drug-likeness (QED) is 0.920. The smallest absolute Gasteiger partial charge is 0.245 e. The molecule has 1 heterocycles. The average molecular weight is 319 g/mol. The van der Waals surface area contributed by atoms with Crippen molar-refractivity contribution in [2.24, 2.45) is 5.92 Å². The highest BCUT2D eigenvalue weighted by Gasteiger charge is 2.26. The molecule has 5 nitrogen and oxygen atoms in total. The van der Waals surface area contributed by atoms with Gasteiger partial charge in [0.2, 0.25) is 11.8 Å². The normalized spacial score (nSPS) is 12.4. The molecule has 1 aromatic heterocycles. The maximum absolute atomic E-state index is 12.5. The molecule has 0 aliphatic rings. The summed E-state index contributed by atoms with van der Waals surface area (Å²) in [5.41, 5.74) is 0.950. The van der Waals surface area contributed by atoms with Crippen molar-refractivity contribution >= 4 is 33.4 Å². The number of hydrogen-bond donors (Lipinski definition) is 1. The fourth-order valence-electron chi connectivity index (χ4n) is 2.24. The van der Waals surface area contributed by atoms with Crippen LogP contribution in [0, 0.1) is 5.92 Å². The largest absolute Gasteiger partial charge is 0.344 e. The number of nitrogens with one attached hydrogen (secondary N) is 1. The van der Waals surface area contributed by atoms with Crippen LogP contribution in [0.3, 0.4) is 0 Å². The fraction of sp³-hybridized carbons (Fsp3) is 0.438. The van der Waals surface area contributed by atoms with Crippen molar-refractivity contribution in [3.63, 3.8) is 0 Å². The minimum absolute atomic E-state index is 0.0363. The summed E-state index contributed by atoms with van der Waals surface area (Å²) >= 11 is 1.58. The van der Waals surface area contributed by atoms with Gasteiger partial charge < -0.3 is 10.2 Å². The van der Waals surface area contributed by atoms with E-state index in [-0.39, 0.29) is 17.7 Å². The molecule has 1 unspecified atom stereocenters. The molecule has 0 aliphatic heterocycles. The lowest BCUT2D eigenvalue weighted by Gasteiger charge is -2.26. The van der Waals surface area contributed by atoms with E-state index in [0.717, 1.165) is 15.2 Å². The first-order valence-corrected chi connectivity index (χ1v) is 8.06. The minimum Gasteiger partial charge on any atom is -0.344 e. The van der Waals surface area contributed by atoms with Crippen molar-refractivity contribution in [2.45, 2.75) is 33.4 Å². The number of carbonyl (C=O) groups excluding carboxylic acids is 2. The van der Waals surface area contributed by atoms with Crippen LogP contribution in [0.25, 0.3) is 10.2 Å². The summed E-state index contributed by atoms with van der Waals surface area (Å²) in [6, 6.07) is 7.41. The Labute approximate surface area is 134 Å². The minimum atomic E-state index is -0.503. The summed E-state index contributed by atoms with van der Waals surface area (Å²) in [7, 11) is 1.74. The van der Waals surface area contributed by atoms with Crippen LogP contribution >= 0.6 is 11.3 Å². The van der Waals surface area contributed by atoms with E-state index < -0.39 is 6.04 Å². The second-order valence-corrected chi connectivity index (χ2v) is 6.81. The highest BCUT2D eigenvalue weighted by Crippen LogP contribution is 2.22. The van der Waals surface area contributed by atoms with E-state index in [2.05, 4.69) is 10.3 Å². The summed E-state index contributed by atoms with van der Waals surface area (Å²) < 4.78 is 1.11. The number of thiazole rings is 1. The van der Waals surface area contributed by atoms with Crippen molar-refractivity contribution in [3.8, 4) is 0 Å². The Morgan fingerprint density at radius 1 is 1.32 bits per heavy atom. The Morgan fingerprint density at radius 3 is 2.59 bits per heavy atom. The van der Waals surface area contributed by atoms with E-state index >= 15 is 0 Å². The summed E-state index contributed by atoms with van der Waals surface area (Å²) in [5, 5.41) is 3.62. The molecule has 0 radical (unpaired) electrons. The van der Waals surface area contributed by atoms with Crippen molar-refractivity contribution in [1.29, 1.82) is 0 Å². The molecule has 2 aromatic rings. The summed E-state index contributed by atoms with van der Waals surface area (Å²) in [6.07, 6.45) is 0. The molecular weight excluding hydrogens is 298 g/mol. The summed E-state index contributed by atoms with van der Waals surface area (Å²) in [5.74, 6) is -0.251. The molecular formula is C16H21N3O2S.